The summed E-state index contributed by atoms with van der Waals surface area (Å²) in [5.41, 5.74) is 0.624. The molecule has 1 atom stereocenters. The van der Waals surface area contributed by atoms with Gasteiger partial charge in [-0.25, -0.2) is 0 Å². The Morgan fingerprint density at radius 2 is 2.00 bits per heavy atom. The molecule has 0 aliphatic carbocycles. The maximum Gasteiger partial charge on any atom is 0.254 e. The number of carbonyl (C=O) groups is 1. The molecule has 20 heavy (non-hydrogen) atoms. The first-order valence-corrected chi connectivity index (χ1v) is 7.41. The van der Waals surface area contributed by atoms with Gasteiger partial charge < -0.3 is 15.0 Å². The van der Waals surface area contributed by atoms with Crippen LogP contribution in [-0.2, 0) is 4.74 Å². The third-order valence-corrected chi connectivity index (χ3v) is 4.23. The molecule has 1 aromatic rings. The minimum Gasteiger partial charge on any atom is -0.368 e. The van der Waals surface area contributed by atoms with E-state index in [4.69, 9.17) is 4.74 Å². The van der Waals surface area contributed by atoms with Crippen molar-refractivity contribution in [3.8, 4) is 0 Å². The van der Waals surface area contributed by atoms with E-state index in [0.717, 1.165) is 31.5 Å². The predicted molar refractivity (Wildman–Crippen MR) is 77.7 cm³/mol. The molecule has 2 aliphatic rings. The van der Waals surface area contributed by atoms with E-state index in [-0.39, 0.29) is 17.6 Å². The molecule has 2 heterocycles. The zero-order chi connectivity index (χ0) is 14.0. The van der Waals surface area contributed by atoms with E-state index in [1.807, 2.05) is 35.2 Å². The van der Waals surface area contributed by atoms with Crippen LogP contribution in [0.15, 0.2) is 30.3 Å². The Morgan fingerprint density at radius 1 is 1.30 bits per heavy atom. The van der Waals surface area contributed by atoms with Crippen LogP contribution in [0.25, 0.3) is 0 Å². The number of carbonyl (C=O) groups excluding carboxylic acids is 1. The summed E-state index contributed by atoms with van der Waals surface area (Å²) in [5, 5.41) is 3.36. The van der Waals surface area contributed by atoms with Crippen molar-refractivity contribution in [3.05, 3.63) is 35.9 Å². The molecular weight excluding hydrogens is 252 g/mol. The number of hydrogen-bond donors (Lipinski definition) is 1. The Labute approximate surface area is 120 Å². The lowest BCUT2D eigenvalue weighted by atomic mass is 9.89. The number of hydrogen-bond acceptors (Lipinski definition) is 3. The fraction of sp³-hybridized carbons (Fsp3) is 0.562. The van der Waals surface area contributed by atoms with E-state index in [0.29, 0.717) is 13.1 Å². The maximum absolute atomic E-state index is 12.6. The standard InChI is InChI=1S/C16H22N2O2/c1-13-11-18(15(19)14-5-3-2-4-6-14)12-16(20-13)7-9-17-10-8-16/h2-6,13,17H,7-12H2,1H3. The van der Waals surface area contributed by atoms with Crippen LogP contribution in [-0.4, -0.2) is 48.7 Å². The number of piperidine rings is 1. The fourth-order valence-corrected chi connectivity index (χ4v) is 3.30. The van der Waals surface area contributed by atoms with Crippen molar-refractivity contribution in [1.82, 2.24) is 10.2 Å². The van der Waals surface area contributed by atoms with Crippen LogP contribution in [0.2, 0.25) is 0 Å². The summed E-state index contributed by atoms with van der Waals surface area (Å²) in [4.78, 5) is 14.6. The Bertz CT molecular complexity index is 469. The van der Waals surface area contributed by atoms with Gasteiger partial charge in [0, 0.05) is 12.1 Å². The third kappa shape index (κ3) is 2.72. The van der Waals surface area contributed by atoms with Gasteiger partial charge >= 0.3 is 0 Å². The van der Waals surface area contributed by atoms with E-state index in [1.165, 1.54) is 0 Å². The van der Waals surface area contributed by atoms with Crippen molar-refractivity contribution in [3.63, 3.8) is 0 Å². The van der Waals surface area contributed by atoms with Crippen molar-refractivity contribution in [2.24, 2.45) is 0 Å². The second kappa shape index (κ2) is 5.54. The summed E-state index contributed by atoms with van der Waals surface area (Å²) < 4.78 is 6.20. The SMILES string of the molecule is CC1CN(C(=O)c2ccccc2)CC2(CCNCC2)O1. The van der Waals surface area contributed by atoms with Gasteiger partial charge in [0.2, 0.25) is 0 Å². The Hall–Kier alpha value is -1.39. The summed E-state index contributed by atoms with van der Waals surface area (Å²) in [5.74, 6) is 0.124. The lowest BCUT2D eigenvalue weighted by Crippen LogP contribution is -2.59. The number of benzene rings is 1. The number of morpholine rings is 1. The number of ether oxygens (including phenoxy) is 1. The Balaban J connectivity index is 1.77. The molecule has 4 nitrogen and oxygen atoms in total. The summed E-state index contributed by atoms with van der Waals surface area (Å²) in [6.45, 7) is 5.41. The highest BCUT2D eigenvalue weighted by Gasteiger charge is 2.41. The number of rotatable bonds is 1. The van der Waals surface area contributed by atoms with Gasteiger partial charge in [0.1, 0.15) is 0 Å². The second-order valence-corrected chi connectivity index (χ2v) is 5.91. The molecule has 3 rings (SSSR count). The number of nitrogens with one attached hydrogen (secondary N) is 1. The van der Waals surface area contributed by atoms with Gasteiger partial charge in [0.15, 0.2) is 0 Å². The van der Waals surface area contributed by atoms with Crippen molar-refractivity contribution in [2.45, 2.75) is 31.5 Å². The summed E-state index contributed by atoms with van der Waals surface area (Å²) in [7, 11) is 0. The van der Waals surface area contributed by atoms with Crippen LogP contribution in [0.4, 0.5) is 0 Å². The highest BCUT2D eigenvalue weighted by Crippen LogP contribution is 2.30. The highest BCUT2D eigenvalue weighted by molar-refractivity contribution is 5.94. The first-order valence-electron chi connectivity index (χ1n) is 7.41. The first-order chi connectivity index (χ1) is 9.69. The van der Waals surface area contributed by atoms with Crippen LogP contribution < -0.4 is 5.32 Å². The van der Waals surface area contributed by atoms with Gasteiger partial charge in [-0.3, -0.25) is 4.79 Å². The van der Waals surface area contributed by atoms with Crippen LogP contribution in [0, 0.1) is 0 Å². The van der Waals surface area contributed by atoms with Gasteiger partial charge in [-0.05, 0) is 45.0 Å². The van der Waals surface area contributed by atoms with Gasteiger partial charge in [0.05, 0.1) is 18.2 Å². The molecule has 2 fully saturated rings. The molecule has 4 heteroatoms. The second-order valence-electron chi connectivity index (χ2n) is 5.91. The molecule has 0 bridgehead atoms. The first kappa shape index (κ1) is 13.6. The molecule has 0 saturated carbocycles. The van der Waals surface area contributed by atoms with Crippen molar-refractivity contribution >= 4 is 5.91 Å². The van der Waals surface area contributed by atoms with Crippen molar-refractivity contribution < 1.29 is 9.53 Å². The zero-order valence-electron chi connectivity index (χ0n) is 12.0. The normalized spacial score (nSPS) is 25.6. The summed E-state index contributed by atoms with van der Waals surface area (Å²) in [6, 6.07) is 9.54. The smallest absolute Gasteiger partial charge is 0.254 e. The largest absolute Gasteiger partial charge is 0.368 e. The van der Waals surface area contributed by atoms with E-state index in [2.05, 4.69) is 12.2 Å². The van der Waals surface area contributed by atoms with E-state index >= 15 is 0 Å². The maximum atomic E-state index is 12.6. The van der Waals surface area contributed by atoms with Crippen LogP contribution in [0.1, 0.15) is 30.1 Å². The fourth-order valence-electron chi connectivity index (χ4n) is 3.30. The molecule has 2 aliphatic heterocycles. The molecule has 1 N–H and O–H groups in total. The molecule has 2 saturated heterocycles. The summed E-state index contributed by atoms with van der Waals surface area (Å²) in [6.07, 6.45) is 2.07. The van der Waals surface area contributed by atoms with E-state index < -0.39 is 0 Å². The molecule has 0 aromatic heterocycles. The van der Waals surface area contributed by atoms with E-state index in [1.54, 1.807) is 0 Å². The van der Waals surface area contributed by atoms with Crippen LogP contribution >= 0.6 is 0 Å². The zero-order valence-corrected chi connectivity index (χ0v) is 12.0. The number of amides is 1. The Kier molecular flexibility index (Phi) is 3.76. The quantitative estimate of drug-likeness (QED) is 0.847. The molecule has 1 spiro atoms. The van der Waals surface area contributed by atoms with Crippen molar-refractivity contribution in [2.75, 3.05) is 26.2 Å². The molecule has 1 unspecified atom stereocenters. The number of nitrogens with zero attached hydrogens (tertiary/aromatic N) is 1. The minimum absolute atomic E-state index is 0.106. The monoisotopic (exact) mass is 274 g/mol. The third-order valence-electron chi connectivity index (χ3n) is 4.23. The predicted octanol–water partition coefficient (Wildman–Crippen LogP) is 1.67. The van der Waals surface area contributed by atoms with Crippen LogP contribution in [0.5, 0.6) is 0 Å². The topological polar surface area (TPSA) is 41.6 Å². The summed E-state index contributed by atoms with van der Waals surface area (Å²) >= 11 is 0. The molecule has 1 amide bonds. The van der Waals surface area contributed by atoms with Gasteiger partial charge in [-0.1, -0.05) is 18.2 Å². The van der Waals surface area contributed by atoms with Gasteiger partial charge in [-0.2, -0.15) is 0 Å². The highest BCUT2D eigenvalue weighted by atomic mass is 16.5. The molecular formula is C16H22N2O2. The minimum atomic E-state index is -0.145. The van der Waals surface area contributed by atoms with Gasteiger partial charge in [0.25, 0.3) is 5.91 Å². The van der Waals surface area contributed by atoms with Gasteiger partial charge in [-0.15, -0.1) is 0 Å². The van der Waals surface area contributed by atoms with Crippen molar-refractivity contribution in [1.29, 1.82) is 0 Å². The molecule has 0 radical (unpaired) electrons. The lowest BCUT2D eigenvalue weighted by molar-refractivity contribution is -0.151. The Morgan fingerprint density at radius 3 is 2.70 bits per heavy atom. The molecule has 108 valence electrons. The molecule has 1 aromatic carbocycles. The average Bonchev–Trinajstić information content (AvgIpc) is 2.47. The van der Waals surface area contributed by atoms with Crippen LogP contribution in [0.3, 0.4) is 0 Å². The van der Waals surface area contributed by atoms with E-state index in [9.17, 15) is 4.79 Å². The average molecular weight is 274 g/mol. The lowest BCUT2D eigenvalue weighted by Gasteiger charge is -2.47.